The molecular formula is C11H13NO3. The molecule has 0 aliphatic rings. The Hall–Kier alpha value is -1.99. The first-order valence-electron chi connectivity index (χ1n) is 4.26. The maximum atomic E-state index is 10.1. The lowest BCUT2D eigenvalue weighted by atomic mass is 10.3. The highest BCUT2D eigenvalue weighted by Gasteiger charge is 1.93. The highest BCUT2D eigenvalue weighted by atomic mass is 16.4. The van der Waals surface area contributed by atoms with E-state index in [-0.39, 0.29) is 6.61 Å². The summed E-state index contributed by atoms with van der Waals surface area (Å²) in [5, 5.41) is 18.4. The lowest BCUT2D eigenvalue weighted by Gasteiger charge is -1.96. The van der Waals surface area contributed by atoms with Crippen LogP contribution in [0.5, 0.6) is 0 Å². The number of benzene rings is 1. The summed E-state index contributed by atoms with van der Waals surface area (Å²) >= 11 is 0. The number of hydrogen-bond donors (Lipinski definition) is 3. The van der Waals surface area contributed by atoms with Crippen LogP contribution in [-0.2, 0) is 0 Å². The van der Waals surface area contributed by atoms with Gasteiger partial charge in [-0.1, -0.05) is 24.1 Å². The minimum atomic E-state index is -1.04. The van der Waals surface area contributed by atoms with Gasteiger partial charge in [-0.2, -0.15) is 0 Å². The molecule has 0 unspecified atom stereocenters. The second kappa shape index (κ2) is 8.60. The van der Waals surface area contributed by atoms with Crippen LogP contribution in [0.1, 0.15) is 6.92 Å². The third-order valence-electron chi connectivity index (χ3n) is 1.28. The predicted octanol–water partition coefficient (Wildman–Crippen LogP) is 1.78. The number of para-hydroxylation sites is 1. The van der Waals surface area contributed by atoms with Crippen LogP contribution in [0.4, 0.5) is 10.5 Å². The molecule has 0 heterocycles. The maximum absolute atomic E-state index is 10.1. The van der Waals surface area contributed by atoms with Gasteiger partial charge in [0.2, 0.25) is 0 Å². The van der Waals surface area contributed by atoms with Crippen molar-refractivity contribution in [3.05, 3.63) is 30.3 Å². The van der Waals surface area contributed by atoms with Crippen molar-refractivity contribution >= 4 is 11.8 Å². The summed E-state index contributed by atoms with van der Waals surface area (Å²) in [6.45, 7) is 1.67. The van der Waals surface area contributed by atoms with Crippen molar-refractivity contribution in [1.29, 1.82) is 0 Å². The van der Waals surface area contributed by atoms with Gasteiger partial charge < -0.3 is 10.2 Å². The lowest BCUT2D eigenvalue weighted by Crippen LogP contribution is -2.06. The molecule has 0 bridgehead atoms. The van der Waals surface area contributed by atoms with Gasteiger partial charge in [-0.3, -0.25) is 5.32 Å². The Kier molecular flexibility index (Phi) is 7.46. The van der Waals surface area contributed by atoms with Crippen LogP contribution >= 0.6 is 0 Å². The third kappa shape index (κ3) is 8.34. The Morgan fingerprint density at radius 2 is 2.00 bits per heavy atom. The van der Waals surface area contributed by atoms with E-state index in [1.54, 1.807) is 31.2 Å². The number of aliphatic hydroxyl groups is 1. The van der Waals surface area contributed by atoms with E-state index in [0.717, 1.165) is 0 Å². The highest BCUT2D eigenvalue weighted by molar-refractivity contribution is 5.82. The van der Waals surface area contributed by atoms with Crippen LogP contribution in [0.15, 0.2) is 30.3 Å². The molecule has 3 N–H and O–H groups in total. The molecule has 4 nitrogen and oxygen atoms in total. The van der Waals surface area contributed by atoms with Gasteiger partial charge in [0, 0.05) is 5.69 Å². The van der Waals surface area contributed by atoms with Crippen molar-refractivity contribution < 1.29 is 15.0 Å². The number of aliphatic hydroxyl groups excluding tert-OH is 1. The first-order valence-corrected chi connectivity index (χ1v) is 4.26. The number of rotatable bonds is 1. The van der Waals surface area contributed by atoms with E-state index in [1.807, 2.05) is 6.07 Å². The second-order valence-corrected chi connectivity index (χ2v) is 2.38. The molecule has 0 spiro atoms. The summed E-state index contributed by atoms with van der Waals surface area (Å²) in [5.74, 6) is 4.93. The second-order valence-electron chi connectivity index (χ2n) is 2.38. The Morgan fingerprint density at radius 1 is 1.40 bits per heavy atom. The monoisotopic (exact) mass is 207 g/mol. The highest BCUT2D eigenvalue weighted by Crippen LogP contribution is 2.03. The van der Waals surface area contributed by atoms with Crippen LogP contribution < -0.4 is 5.32 Å². The molecule has 1 aromatic carbocycles. The molecule has 80 valence electrons. The van der Waals surface area contributed by atoms with Crippen LogP contribution in [-0.4, -0.2) is 22.9 Å². The molecule has 15 heavy (non-hydrogen) atoms. The normalized spacial score (nSPS) is 7.60. The number of amides is 1. The first-order chi connectivity index (χ1) is 7.20. The SMILES string of the molecule is CC#CCO.O=C(O)Nc1ccccc1. The van der Waals surface area contributed by atoms with E-state index in [4.69, 9.17) is 10.2 Å². The predicted molar refractivity (Wildman–Crippen MR) is 58.6 cm³/mol. The molecule has 0 saturated carbocycles. The Balaban J connectivity index is 0.000000336. The average molecular weight is 207 g/mol. The van der Waals surface area contributed by atoms with Crippen molar-refractivity contribution in [2.75, 3.05) is 11.9 Å². The van der Waals surface area contributed by atoms with E-state index >= 15 is 0 Å². The summed E-state index contributed by atoms with van der Waals surface area (Å²) in [5.41, 5.74) is 0.593. The molecule has 1 amide bonds. The Morgan fingerprint density at radius 3 is 2.33 bits per heavy atom. The summed E-state index contributed by atoms with van der Waals surface area (Å²) in [4.78, 5) is 10.1. The number of hydrogen-bond acceptors (Lipinski definition) is 2. The minimum absolute atomic E-state index is 0.0174. The Bertz CT molecular complexity index is 338. The van der Waals surface area contributed by atoms with Gasteiger partial charge in [0.05, 0.1) is 0 Å². The van der Waals surface area contributed by atoms with Gasteiger partial charge in [0.25, 0.3) is 0 Å². The molecule has 0 radical (unpaired) electrons. The van der Waals surface area contributed by atoms with Crippen LogP contribution in [0.3, 0.4) is 0 Å². The molecule has 0 aliphatic carbocycles. The summed E-state index contributed by atoms with van der Waals surface area (Å²) in [7, 11) is 0. The molecule has 0 atom stereocenters. The molecule has 0 aromatic heterocycles. The van der Waals surface area contributed by atoms with E-state index in [0.29, 0.717) is 5.69 Å². The number of nitrogens with one attached hydrogen (secondary N) is 1. The zero-order valence-corrected chi connectivity index (χ0v) is 8.40. The van der Waals surface area contributed by atoms with Gasteiger partial charge in [0.1, 0.15) is 6.61 Å². The number of anilines is 1. The largest absolute Gasteiger partial charge is 0.465 e. The quantitative estimate of drug-likeness (QED) is 0.615. The van der Waals surface area contributed by atoms with Crippen molar-refractivity contribution in [2.24, 2.45) is 0 Å². The first kappa shape index (κ1) is 13.0. The van der Waals surface area contributed by atoms with Crippen molar-refractivity contribution in [1.82, 2.24) is 0 Å². The molecule has 1 rings (SSSR count). The molecule has 0 aliphatic heterocycles. The van der Waals surface area contributed by atoms with Crippen LogP contribution in [0.25, 0.3) is 0 Å². The summed E-state index contributed by atoms with van der Waals surface area (Å²) in [6.07, 6.45) is -1.04. The fraction of sp³-hybridized carbons (Fsp3) is 0.182. The van der Waals surface area contributed by atoms with Gasteiger partial charge in [-0.15, -0.1) is 5.92 Å². The molecule has 0 fully saturated rings. The van der Waals surface area contributed by atoms with Gasteiger partial charge in [0.15, 0.2) is 0 Å². The third-order valence-corrected chi connectivity index (χ3v) is 1.28. The molecule has 4 heteroatoms. The standard InChI is InChI=1S/C7H7NO2.C4H6O/c9-7(10)8-6-4-2-1-3-5-6;1-2-3-4-5/h1-5,8H,(H,9,10);5H,4H2,1H3. The van der Waals surface area contributed by atoms with Crippen LogP contribution in [0.2, 0.25) is 0 Å². The van der Waals surface area contributed by atoms with Crippen molar-refractivity contribution in [2.45, 2.75) is 6.92 Å². The molecular weight excluding hydrogens is 194 g/mol. The molecule has 0 saturated heterocycles. The van der Waals surface area contributed by atoms with E-state index in [2.05, 4.69) is 17.2 Å². The van der Waals surface area contributed by atoms with E-state index < -0.39 is 6.09 Å². The van der Waals surface area contributed by atoms with E-state index in [9.17, 15) is 4.79 Å². The maximum Gasteiger partial charge on any atom is 0.409 e. The van der Waals surface area contributed by atoms with Crippen molar-refractivity contribution in [3.63, 3.8) is 0 Å². The van der Waals surface area contributed by atoms with Crippen LogP contribution in [0, 0.1) is 11.8 Å². The lowest BCUT2D eigenvalue weighted by molar-refractivity contribution is 0.210. The van der Waals surface area contributed by atoms with Crippen molar-refractivity contribution in [3.8, 4) is 11.8 Å². The minimum Gasteiger partial charge on any atom is -0.465 e. The van der Waals surface area contributed by atoms with Gasteiger partial charge in [-0.05, 0) is 19.1 Å². The molecule has 1 aromatic rings. The zero-order valence-electron chi connectivity index (χ0n) is 8.40. The van der Waals surface area contributed by atoms with Gasteiger partial charge in [-0.25, -0.2) is 4.79 Å². The van der Waals surface area contributed by atoms with Gasteiger partial charge >= 0.3 is 6.09 Å². The fourth-order valence-corrected chi connectivity index (χ4v) is 0.724. The smallest absolute Gasteiger partial charge is 0.409 e. The summed E-state index contributed by atoms with van der Waals surface area (Å²) in [6, 6.07) is 8.74. The fourth-order valence-electron chi connectivity index (χ4n) is 0.724. The number of carboxylic acid groups (broad SMARTS) is 1. The zero-order chi connectivity index (χ0) is 11.5. The van der Waals surface area contributed by atoms with E-state index in [1.165, 1.54) is 0 Å². The average Bonchev–Trinajstić information content (AvgIpc) is 2.20. The Labute approximate surface area is 88.6 Å². The topological polar surface area (TPSA) is 69.6 Å². The summed E-state index contributed by atoms with van der Waals surface area (Å²) < 4.78 is 0. The number of carbonyl (C=O) groups is 1.